The molecule has 27 heavy (non-hydrogen) atoms. The first-order valence-corrected chi connectivity index (χ1v) is 11.0. The Kier molecular flexibility index (Phi) is 5.93. The Balaban J connectivity index is 1.86. The van der Waals surface area contributed by atoms with E-state index in [1.165, 1.54) is 18.3 Å². The van der Waals surface area contributed by atoms with Gasteiger partial charge in [0, 0.05) is 21.7 Å². The fourth-order valence-corrected chi connectivity index (χ4v) is 4.88. The Morgan fingerprint density at radius 3 is 2.59 bits per heavy atom. The quantitative estimate of drug-likeness (QED) is 0.595. The SMILES string of the molecule is Cc1cc(NC(=O)CN(c2nccs2)S(=O)(=O)c2ccccc2)ccc1Br. The van der Waals surface area contributed by atoms with E-state index in [0.717, 1.165) is 25.7 Å². The first kappa shape index (κ1) is 19.5. The number of rotatable bonds is 6. The number of nitrogens with zero attached hydrogens (tertiary/aromatic N) is 2. The van der Waals surface area contributed by atoms with Crippen molar-refractivity contribution in [3.63, 3.8) is 0 Å². The van der Waals surface area contributed by atoms with Gasteiger partial charge in [-0.2, -0.15) is 0 Å². The molecule has 1 N–H and O–H groups in total. The Hall–Kier alpha value is -2.23. The summed E-state index contributed by atoms with van der Waals surface area (Å²) in [6.07, 6.45) is 1.50. The van der Waals surface area contributed by atoms with E-state index < -0.39 is 15.9 Å². The van der Waals surface area contributed by atoms with Crippen LogP contribution in [-0.4, -0.2) is 25.9 Å². The van der Waals surface area contributed by atoms with Gasteiger partial charge in [0.1, 0.15) is 6.54 Å². The minimum atomic E-state index is -3.91. The molecule has 0 unspecified atom stereocenters. The van der Waals surface area contributed by atoms with Crippen LogP contribution in [-0.2, 0) is 14.8 Å². The molecule has 0 aliphatic heterocycles. The van der Waals surface area contributed by atoms with Crippen LogP contribution in [0.2, 0.25) is 0 Å². The largest absolute Gasteiger partial charge is 0.325 e. The van der Waals surface area contributed by atoms with Crippen LogP contribution < -0.4 is 9.62 Å². The average molecular weight is 466 g/mol. The Morgan fingerprint density at radius 1 is 1.22 bits per heavy atom. The van der Waals surface area contributed by atoms with Crippen LogP contribution in [0.4, 0.5) is 10.8 Å². The van der Waals surface area contributed by atoms with Crippen LogP contribution in [0, 0.1) is 6.92 Å². The van der Waals surface area contributed by atoms with E-state index in [-0.39, 0.29) is 16.6 Å². The molecular weight excluding hydrogens is 450 g/mol. The number of aryl methyl sites for hydroxylation is 1. The fraction of sp³-hybridized carbons (Fsp3) is 0.111. The van der Waals surface area contributed by atoms with E-state index in [4.69, 9.17) is 0 Å². The van der Waals surface area contributed by atoms with Crippen molar-refractivity contribution in [2.24, 2.45) is 0 Å². The van der Waals surface area contributed by atoms with Gasteiger partial charge in [0.25, 0.3) is 10.0 Å². The van der Waals surface area contributed by atoms with Crippen LogP contribution in [0.25, 0.3) is 0 Å². The second kappa shape index (κ2) is 8.20. The number of anilines is 2. The van der Waals surface area contributed by atoms with Crippen molar-refractivity contribution < 1.29 is 13.2 Å². The van der Waals surface area contributed by atoms with E-state index in [0.29, 0.717) is 5.69 Å². The van der Waals surface area contributed by atoms with E-state index >= 15 is 0 Å². The highest BCUT2D eigenvalue weighted by Gasteiger charge is 2.28. The van der Waals surface area contributed by atoms with Crippen LogP contribution in [0.1, 0.15) is 5.56 Å². The topological polar surface area (TPSA) is 79.4 Å². The first-order chi connectivity index (χ1) is 12.9. The number of hydrogen-bond donors (Lipinski definition) is 1. The number of carbonyl (C=O) groups is 1. The van der Waals surface area contributed by atoms with Gasteiger partial charge in [-0.05, 0) is 42.8 Å². The van der Waals surface area contributed by atoms with Crippen molar-refractivity contribution >= 4 is 54.0 Å². The molecule has 1 aromatic heterocycles. The molecule has 0 saturated carbocycles. The number of halogens is 1. The maximum absolute atomic E-state index is 13.0. The summed E-state index contributed by atoms with van der Waals surface area (Å²) in [6.45, 7) is 1.53. The summed E-state index contributed by atoms with van der Waals surface area (Å²) in [7, 11) is -3.91. The lowest BCUT2D eigenvalue weighted by Crippen LogP contribution is -2.38. The lowest BCUT2D eigenvalue weighted by molar-refractivity contribution is -0.114. The molecule has 0 fully saturated rings. The molecule has 140 valence electrons. The van der Waals surface area contributed by atoms with Crippen molar-refractivity contribution in [2.45, 2.75) is 11.8 Å². The van der Waals surface area contributed by atoms with Crippen LogP contribution >= 0.6 is 27.3 Å². The Morgan fingerprint density at radius 2 is 1.96 bits per heavy atom. The molecule has 3 aromatic rings. The molecule has 0 atom stereocenters. The summed E-state index contributed by atoms with van der Waals surface area (Å²) in [5.74, 6) is -0.452. The summed E-state index contributed by atoms with van der Waals surface area (Å²) >= 11 is 4.56. The maximum Gasteiger partial charge on any atom is 0.266 e. The molecule has 2 aromatic carbocycles. The summed E-state index contributed by atoms with van der Waals surface area (Å²) < 4.78 is 28.0. The molecule has 0 radical (unpaired) electrons. The lowest BCUT2D eigenvalue weighted by atomic mass is 10.2. The maximum atomic E-state index is 13.0. The third kappa shape index (κ3) is 4.55. The van der Waals surface area contributed by atoms with E-state index in [1.807, 2.05) is 13.0 Å². The van der Waals surface area contributed by atoms with E-state index in [2.05, 4.69) is 26.2 Å². The van der Waals surface area contributed by atoms with Gasteiger partial charge < -0.3 is 5.32 Å². The third-order valence-corrected chi connectivity index (χ3v) is 7.24. The highest BCUT2D eigenvalue weighted by Crippen LogP contribution is 2.26. The number of nitrogens with one attached hydrogen (secondary N) is 1. The highest BCUT2D eigenvalue weighted by atomic mass is 79.9. The number of sulfonamides is 1. The Bertz CT molecular complexity index is 1040. The number of benzene rings is 2. The molecule has 0 spiro atoms. The zero-order valence-corrected chi connectivity index (χ0v) is 17.5. The smallest absolute Gasteiger partial charge is 0.266 e. The molecular formula is C18H16BrN3O3S2. The fourth-order valence-electron chi connectivity index (χ4n) is 2.37. The van der Waals surface area contributed by atoms with Crippen molar-refractivity contribution in [2.75, 3.05) is 16.2 Å². The van der Waals surface area contributed by atoms with Crippen molar-refractivity contribution in [1.29, 1.82) is 0 Å². The van der Waals surface area contributed by atoms with E-state index in [1.54, 1.807) is 35.7 Å². The van der Waals surface area contributed by atoms with Gasteiger partial charge in [-0.3, -0.25) is 4.79 Å². The minimum Gasteiger partial charge on any atom is -0.325 e. The molecule has 0 aliphatic carbocycles. The Labute approximate surface area is 170 Å². The van der Waals surface area contributed by atoms with E-state index in [9.17, 15) is 13.2 Å². The standard InChI is InChI=1S/C18H16BrN3O3S2/c1-13-11-14(7-8-16(13)19)21-17(23)12-22(18-20-9-10-26-18)27(24,25)15-5-3-2-4-6-15/h2-11H,12H2,1H3,(H,21,23). The molecule has 1 heterocycles. The predicted molar refractivity (Wildman–Crippen MR) is 111 cm³/mol. The number of thiazole rings is 1. The van der Waals surface area contributed by atoms with Gasteiger partial charge >= 0.3 is 0 Å². The summed E-state index contributed by atoms with van der Waals surface area (Å²) in [6, 6.07) is 13.4. The second-order valence-corrected chi connectivity index (χ2v) is 9.24. The first-order valence-electron chi connectivity index (χ1n) is 7.91. The third-order valence-electron chi connectivity index (χ3n) is 3.69. The lowest BCUT2D eigenvalue weighted by Gasteiger charge is -2.21. The number of aromatic nitrogens is 1. The van der Waals surface area contributed by atoms with Crippen LogP contribution in [0.5, 0.6) is 0 Å². The van der Waals surface area contributed by atoms with Crippen molar-refractivity contribution in [3.05, 3.63) is 70.1 Å². The number of amides is 1. The molecule has 6 nitrogen and oxygen atoms in total. The van der Waals surface area contributed by atoms with Gasteiger partial charge in [0.2, 0.25) is 5.91 Å². The van der Waals surface area contributed by atoms with Gasteiger partial charge in [-0.25, -0.2) is 17.7 Å². The monoisotopic (exact) mass is 465 g/mol. The minimum absolute atomic E-state index is 0.104. The highest BCUT2D eigenvalue weighted by molar-refractivity contribution is 9.10. The molecule has 3 rings (SSSR count). The number of hydrogen-bond acceptors (Lipinski definition) is 5. The van der Waals surface area contributed by atoms with Gasteiger partial charge in [0.15, 0.2) is 5.13 Å². The molecule has 0 aliphatic rings. The summed E-state index contributed by atoms with van der Waals surface area (Å²) in [4.78, 5) is 16.7. The molecule has 0 bridgehead atoms. The molecule has 0 saturated heterocycles. The van der Waals surface area contributed by atoms with Crippen molar-refractivity contribution in [3.8, 4) is 0 Å². The van der Waals surface area contributed by atoms with Crippen LogP contribution in [0.3, 0.4) is 0 Å². The number of carbonyl (C=O) groups excluding carboxylic acids is 1. The zero-order chi connectivity index (χ0) is 19.4. The molecule has 1 amide bonds. The van der Waals surface area contributed by atoms with Gasteiger partial charge in [-0.1, -0.05) is 34.1 Å². The van der Waals surface area contributed by atoms with Crippen LogP contribution in [0.15, 0.2) is 69.5 Å². The second-order valence-electron chi connectivity index (χ2n) is 5.65. The van der Waals surface area contributed by atoms with Gasteiger partial charge in [-0.15, -0.1) is 11.3 Å². The zero-order valence-electron chi connectivity index (χ0n) is 14.3. The summed E-state index contributed by atoms with van der Waals surface area (Å²) in [5.41, 5.74) is 1.55. The predicted octanol–water partition coefficient (Wildman–Crippen LogP) is 4.05. The normalized spacial score (nSPS) is 11.2. The summed E-state index contributed by atoms with van der Waals surface area (Å²) in [5, 5.41) is 4.64. The molecule has 9 heteroatoms. The average Bonchev–Trinajstić information content (AvgIpc) is 3.17. The van der Waals surface area contributed by atoms with Crippen molar-refractivity contribution in [1.82, 2.24) is 4.98 Å². The van der Waals surface area contributed by atoms with Gasteiger partial charge in [0.05, 0.1) is 4.90 Å².